The van der Waals surface area contributed by atoms with Gasteiger partial charge in [-0.3, -0.25) is 0 Å². The van der Waals surface area contributed by atoms with Crippen molar-refractivity contribution in [3.63, 3.8) is 0 Å². The molecule has 1 aromatic carbocycles. The molecule has 2 rings (SSSR count). The lowest BCUT2D eigenvalue weighted by Gasteiger charge is -2.04. The monoisotopic (exact) mass is 227 g/mol. The van der Waals surface area contributed by atoms with E-state index in [4.69, 9.17) is 5.14 Å². The van der Waals surface area contributed by atoms with Crippen molar-refractivity contribution in [3.05, 3.63) is 34.9 Å². The minimum atomic E-state index is -3.60. The molecule has 0 saturated heterocycles. The summed E-state index contributed by atoms with van der Waals surface area (Å²) in [7, 11) is -3.60. The standard InChI is InChI=1S/C9H13N3O2S/c10-15(13,14)12-4-7-1-2-8-5-11-6-9(8)3-7/h1-3,11-12H,4-6H2,(H2,10,13,14). The molecule has 0 radical (unpaired) electrons. The van der Waals surface area contributed by atoms with Crippen molar-refractivity contribution in [3.8, 4) is 0 Å². The summed E-state index contributed by atoms with van der Waals surface area (Å²) in [5, 5.41) is 8.07. The average molecular weight is 227 g/mol. The molecule has 1 heterocycles. The first-order valence-electron chi connectivity index (χ1n) is 4.63. The van der Waals surface area contributed by atoms with Crippen LogP contribution in [-0.2, 0) is 29.8 Å². The second-order valence-electron chi connectivity index (χ2n) is 3.57. The molecule has 5 nitrogen and oxygen atoms in total. The van der Waals surface area contributed by atoms with Gasteiger partial charge >= 0.3 is 0 Å². The van der Waals surface area contributed by atoms with Crippen LogP contribution in [0.15, 0.2) is 18.2 Å². The summed E-state index contributed by atoms with van der Waals surface area (Å²) in [5.41, 5.74) is 3.42. The highest BCUT2D eigenvalue weighted by Crippen LogP contribution is 2.16. The fourth-order valence-corrected chi connectivity index (χ4v) is 2.01. The third kappa shape index (κ3) is 2.75. The molecule has 0 amide bonds. The molecule has 1 aliphatic rings. The van der Waals surface area contributed by atoms with Gasteiger partial charge in [0.1, 0.15) is 0 Å². The highest BCUT2D eigenvalue weighted by atomic mass is 32.2. The molecule has 4 N–H and O–H groups in total. The van der Waals surface area contributed by atoms with Crippen LogP contribution in [0.4, 0.5) is 0 Å². The third-order valence-corrected chi connectivity index (χ3v) is 2.93. The van der Waals surface area contributed by atoms with Crippen molar-refractivity contribution in [1.29, 1.82) is 0 Å². The predicted molar refractivity (Wildman–Crippen MR) is 56.9 cm³/mol. The second kappa shape index (κ2) is 3.90. The number of hydrogen-bond acceptors (Lipinski definition) is 3. The van der Waals surface area contributed by atoms with E-state index in [9.17, 15) is 8.42 Å². The Morgan fingerprint density at radius 1 is 1.33 bits per heavy atom. The Morgan fingerprint density at radius 3 is 2.80 bits per heavy atom. The zero-order chi connectivity index (χ0) is 10.9. The summed E-state index contributed by atoms with van der Waals surface area (Å²) in [6.45, 7) is 1.98. The van der Waals surface area contributed by atoms with Gasteiger partial charge in [0.05, 0.1) is 0 Å². The molecule has 0 bridgehead atoms. The van der Waals surface area contributed by atoms with Gasteiger partial charge in [-0.15, -0.1) is 0 Å². The number of rotatable bonds is 3. The summed E-state index contributed by atoms with van der Waals surface area (Å²) in [6, 6.07) is 5.91. The van der Waals surface area contributed by atoms with Gasteiger partial charge in [0.15, 0.2) is 0 Å². The van der Waals surface area contributed by atoms with Gasteiger partial charge in [-0.1, -0.05) is 18.2 Å². The van der Waals surface area contributed by atoms with Crippen LogP contribution in [0.25, 0.3) is 0 Å². The van der Waals surface area contributed by atoms with E-state index in [0.717, 1.165) is 18.7 Å². The molecular formula is C9H13N3O2S. The second-order valence-corrected chi connectivity index (χ2v) is 4.95. The Morgan fingerprint density at radius 2 is 2.07 bits per heavy atom. The van der Waals surface area contributed by atoms with Crippen LogP contribution in [0.3, 0.4) is 0 Å². The normalized spacial score (nSPS) is 15.3. The van der Waals surface area contributed by atoms with Gasteiger partial charge in [0, 0.05) is 19.6 Å². The Hall–Kier alpha value is -0.950. The smallest absolute Gasteiger partial charge is 0.274 e. The maximum atomic E-state index is 10.7. The van der Waals surface area contributed by atoms with Crippen LogP contribution in [0, 0.1) is 0 Å². The number of benzene rings is 1. The minimum Gasteiger partial charge on any atom is -0.309 e. The van der Waals surface area contributed by atoms with Gasteiger partial charge in [-0.25, -0.2) is 5.14 Å². The number of hydrogen-bond donors (Lipinski definition) is 3. The molecule has 0 fully saturated rings. The Labute approximate surface area is 88.9 Å². The van der Waals surface area contributed by atoms with Crippen molar-refractivity contribution in [2.24, 2.45) is 5.14 Å². The van der Waals surface area contributed by atoms with Crippen LogP contribution in [-0.4, -0.2) is 8.42 Å². The van der Waals surface area contributed by atoms with E-state index in [2.05, 4.69) is 10.0 Å². The zero-order valence-corrected chi connectivity index (χ0v) is 8.97. The van der Waals surface area contributed by atoms with Crippen LogP contribution in [0.2, 0.25) is 0 Å². The van der Waals surface area contributed by atoms with Gasteiger partial charge in [-0.2, -0.15) is 13.1 Å². The predicted octanol–water partition coefficient (Wildman–Crippen LogP) is -0.417. The van der Waals surface area contributed by atoms with Crippen LogP contribution in [0.1, 0.15) is 16.7 Å². The van der Waals surface area contributed by atoms with E-state index < -0.39 is 10.2 Å². The molecular weight excluding hydrogens is 214 g/mol. The zero-order valence-electron chi connectivity index (χ0n) is 8.16. The summed E-state index contributed by atoms with van der Waals surface area (Å²) >= 11 is 0. The summed E-state index contributed by atoms with van der Waals surface area (Å²) in [6.07, 6.45) is 0. The van der Waals surface area contributed by atoms with E-state index in [0.29, 0.717) is 0 Å². The van der Waals surface area contributed by atoms with Crippen LogP contribution < -0.4 is 15.2 Å². The van der Waals surface area contributed by atoms with E-state index in [1.807, 2.05) is 18.2 Å². The lowest BCUT2D eigenvalue weighted by Crippen LogP contribution is -2.30. The molecule has 6 heteroatoms. The van der Waals surface area contributed by atoms with Gasteiger partial charge < -0.3 is 5.32 Å². The van der Waals surface area contributed by atoms with E-state index in [-0.39, 0.29) is 6.54 Å². The molecule has 0 aliphatic carbocycles. The molecule has 0 atom stereocenters. The quantitative estimate of drug-likeness (QED) is 0.656. The van der Waals surface area contributed by atoms with Crippen molar-refractivity contribution in [2.45, 2.75) is 19.6 Å². The molecule has 82 valence electrons. The average Bonchev–Trinajstić information content (AvgIpc) is 2.60. The fourth-order valence-electron chi connectivity index (χ4n) is 1.64. The van der Waals surface area contributed by atoms with Crippen molar-refractivity contribution < 1.29 is 8.42 Å². The highest BCUT2D eigenvalue weighted by Gasteiger charge is 2.10. The number of nitrogens with two attached hydrogens (primary N) is 1. The molecule has 15 heavy (non-hydrogen) atoms. The largest absolute Gasteiger partial charge is 0.309 e. The molecule has 0 spiro atoms. The maximum absolute atomic E-state index is 10.7. The Bertz CT molecular complexity index is 470. The Kier molecular flexibility index (Phi) is 2.74. The van der Waals surface area contributed by atoms with Gasteiger partial charge in [0.25, 0.3) is 10.2 Å². The van der Waals surface area contributed by atoms with Gasteiger partial charge in [0.2, 0.25) is 0 Å². The lowest BCUT2D eigenvalue weighted by atomic mass is 10.1. The van der Waals surface area contributed by atoms with Crippen molar-refractivity contribution >= 4 is 10.2 Å². The number of nitrogens with one attached hydrogen (secondary N) is 2. The molecule has 1 aromatic rings. The lowest BCUT2D eigenvalue weighted by molar-refractivity contribution is 0.583. The summed E-state index contributed by atoms with van der Waals surface area (Å²) < 4.78 is 23.6. The molecule has 1 aliphatic heterocycles. The molecule has 0 unspecified atom stereocenters. The summed E-state index contributed by atoms with van der Waals surface area (Å²) in [5.74, 6) is 0. The van der Waals surface area contributed by atoms with Crippen molar-refractivity contribution in [2.75, 3.05) is 0 Å². The van der Waals surface area contributed by atoms with E-state index in [1.54, 1.807) is 0 Å². The first kappa shape index (κ1) is 10.6. The first-order chi connectivity index (χ1) is 7.04. The van der Waals surface area contributed by atoms with Gasteiger partial charge in [-0.05, 0) is 16.7 Å². The maximum Gasteiger partial charge on any atom is 0.274 e. The van der Waals surface area contributed by atoms with Crippen molar-refractivity contribution in [1.82, 2.24) is 10.0 Å². The summed E-state index contributed by atoms with van der Waals surface area (Å²) in [4.78, 5) is 0. The van der Waals surface area contributed by atoms with Crippen LogP contribution in [0.5, 0.6) is 0 Å². The van der Waals surface area contributed by atoms with Crippen LogP contribution >= 0.6 is 0 Å². The van der Waals surface area contributed by atoms with E-state index >= 15 is 0 Å². The molecule has 0 saturated carbocycles. The third-order valence-electron chi connectivity index (χ3n) is 2.38. The minimum absolute atomic E-state index is 0.242. The Balaban J connectivity index is 2.10. The highest BCUT2D eigenvalue weighted by molar-refractivity contribution is 7.87. The SMILES string of the molecule is NS(=O)(=O)NCc1ccc2c(c1)CNC2. The number of fused-ring (bicyclic) bond motifs is 1. The molecule has 0 aromatic heterocycles. The first-order valence-corrected chi connectivity index (χ1v) is 6.18. The van der Waals surface area contributed by atoms with E-state index in [1.165, 1.54) is 11.1 Å². The fraction of sp³-hybridized carbons (Fsp3) is 0.333. The topological polar surface area (TPSA) is 84.2 Å².